The highest BCUT2D eigenvalue weighted by atomic mass is 35.5. The molecule has 27 heavy (non-hydrogen) atoms. The van der Waals surface area contributed by atoms with E-state index in [1.165, 1.54) is 11.1 Å². The molecule has 3 heterocycles. The second-order valence-electron chi connectivity index (χ2n) is 7.52. The predicted octanol–water partition coefficient (Wildman–Crippen LogP) is 3.81. The highest BCUT2D eigenvalue weighted by Gasteiger charge is 2.34. The minimum Gasteiger partial charge on any atom is -0.361 e. The van der Waals surface area contributed by atoms with E-state index in [-0.39, 0.29) is 5.91 Å². The lowest BCUT2D eigenvalue weighted by Gasteiger charge is -2.45. The maximum Gasteiger partial charge on any atom is 0.227 e. The number of carbonyl (C=O) groups excluding carboxylic acids is 1. The number of H-pyrrole nitrogens is 1. The Morgan fingerprint density at radius 1 is 1.15 bits per heavy atom. The van der Waals surface area contributed by atoms with Crippen LogP contribution in [0.5, 0.6) is 0 Å². The molecule has 4 nitrogen and oxygen atoms in total. The highest BCUT2D eigenvalue weighted by molar-refractivity contribution is 6.31. The number of carbonyl (C=O) groups is 1. The first kappa shape index (κ1) is 16.8. The minimum absolute atomic E-state index is 0.193. The molecule has 1 N–H and O–H groups in total. The van der Waals surface area contributed by atoms with Gasteiger partial charge in [-0.25, -0.2) is 0 Å². The maximum absolute atomic E-state index is 13.0. The van der Waals surface area contributed by atoms with E-state index in [0.717, 1.165) is 49.1 Å². The van der Waals surface area contributed by atoms with Crippen molar-refractivity contribution in [1.29, 1.82) is 0 Å². The van der Waals surface area contributed by atoms with Crippen LogP contribution in [0.3, 0.4) is 0 Å². The fourth-order valence-corrected chi connectivity index (χ4v) is 4.70. The zero-order valence-electron chi connectivity index (χ0n) is 15.1. The van der Waals surface area contributed by atoms with Crippen LogP contribution in [0.25, 0.3) is 10.9 Å². The van der Waals surface area contributed by atoms with Gasteiger partial charge in [-0.05, 0) is 41.3 Å². The zero-order chi connectivity index (χ0) is 18.4. The van der Waals surface area contributed by atoms with Crippen LogP contribution >= 0.6 is 11.6 Å². The van der Waals surface area contributed by atoms with E-state index >= 15 is 0 Å². The van der Waals surface area contributed by atoms with Gasteiger partial charge in [-0.15, -0.1) is 0 Å². The van der Waals surface area contributed by atoms with Crippen LogP contribution in [0, 0.1) is 0 Å². The predicted molar refractivity (Wildman–Crippen MR) is 108 cm³/mol. The summed E-state index contributed by atoms with van der Waals surface area (Å²) in [4.78, 5) is 20.8. The Labute approximate surface area is 163 Å². The van der Waals surface area contributed by atoms with Crippen molar-refractivity contribution in [2.24, 2.45) is 0 Å². The molecule has 1 fully saturated rings. The summed E-state index contributed by atoms with van der Waals surface area (Å²) in [5, 5.41) is 1.74. The molecule has 138 valence electrons. The molecule has 0 spiro atoms. The van der Waals surface area contributed by atoms with Gasteiger partial charge in [0.1, 0.15) is 0 Å². The standard InChI is InChI=1S/C22H22ClN3O/c23-17-5-6-20-19(12-17)16(13-24-20)11-22(27)26-10-9-25-8-7-15-3-1-2-4-18(15)21(25)14-26/h1-6,12-13,21,24H,7-11,14H2. The molecule has 1 aromatic heterocycles. The van der Waals surface area contributed by atoms with Crippen molar-refractivity contribution in [3.05, 3.63) is 70.4 Å². The molecular weight excluding hydrogens is 358 g/mol. The van der Waals surface area contributed by atoms with Crippen LogP contribution in [0.15, 0.2) is 48.7 Å². The fourth-order valence-electron chi connectivity index (χ4n) is 4.53. The van der Waals surface area contributed by atoms with Crippen LogP contribution in [0.2, 0.25) is 5.02 Å². The molecular formula is C22H22ClN3O. The first-order valence-corrected chi connectivity index (χ1v) is 9.92. The van der Waals surface area contributed by atoms with E-state index < -0.39 is 0 Å². The quantitative estimate of drug-likeness (QED) is 0.735. The number of halogens is 1. The van der Waals surface area contributed by atoms with Gasteiger partial charge in [-0.1, -0.05) is 35.9 Å². The topological polar surface area (TPSA) is 39.3 Å². The summed E-state index contributed by atoms with van der Waals surface area (Å²) < 4.78 is 0. The van der Waals surface area contributed by atoms with Crippen molar-refractivity contribution in [1.82, 2.24) is 14.8 Å². The van der Waals surface area contributed by atoms with Crippen LogP contribution in [0.4, 0.5) is 0 Å². The number of aromatic nitrogens is 1. The van der Waals surface area contributed by atoms with E-state index in [1.807, 2.05) is 29.3 Å². The third-order valence-electron chi connectivity index (χ3n) is 6.00. The van der Waals surface area contributed by atoms with E-state index in [9.17, 15) is 4.79 Å². The molecule has 1 atom stereocenters. The van der Waals surface area contributed by atoms with Gasteiger partial charge < -0.3 is 9.88 Å². The summed E-state index contributed by atoms with van der Waals surface area (Å²) in [6, 6.07) is 14.8. The zero-order valence-corrected chi connectivity index (χ0v) is 15.9. The number of amides is 1. The first-order chi connectivity index (χ1) is 13.2. The average molecular weight is 380 g/mol. The van der Waals surface area contributed by atoms with Gasteiger partial charge in [0.25, 0.3) is 0 Å². The Kier molecular flexibility index (Phi) is 4.18. The third-order valence-corrected chi connectivity index (χ3v) is 6.23. The van der Waals surface area contributed by atoms with Crippen molar-refractivity contribution < 1.29 is 4.79 Å². The molecule has 1 unspecified atom stereocenters. The summed E-state index contributed by atoms with van der Waals surface area (Å²) >= 11 is 6.14. The van der Waals surface area contributed by atoms with Gasteiger partial charge >= 0.3 is 0 Å². The lowest BCUT2D eigenvalue weighted by molar-refractivity contribution is -0.133. The number of rotatable bonds is 2. The van der Waals surface area contributed by atoms with Gasteiger partial charge in [0.05, 0.1) is 12.5 Å². The number of hydrogen-bond acceptors (Lipinski definition) is 2. The van der Waals surface area contributed by atoms with Crippen molar-refractivity contribution in [3.63, 3.8) is 0 Å². The summed E-state index contributed by atoms with van der Waals surface area (Å²) in [7, 11) is 0. The number of piperazine rings is 1. The molecule has 2 aromatic carbocycles. The van der Waals surface area contributed by atoms with Gasteiger partial charge in [0.15, 0.2) is 0 Å². The molecule has 1 amide bonds. The van der Waals surface area contributed by atoms with Crippen LogP contribution in [-0.2, 0) is 17.6 Å². The molecule has 0 bridgehead atoms. The Morgan fingerprint density at radius 2 is 2.04 bits per heavy atom. The number of nitrogens with one attached hydrogen (secondary N) is 1. The number of benzene rings is 2. The Bertz CT molecular complexity index is 1010. The highest BCUT2D eigenvalue weighted by Crippen LogP contribution is 2.32. The number of hydrogen-bond donors (Lipinski definition) is 1. The van der Waals surface area contributed by atoms with Crippen molar-refractivity contribution in [3.8, 4) is 0 Å². The fraction of sp³-hybridized carbons (Fsp3) is 0.318. The SMILES string of the molecule is O=C(Cc1c[nH]c2ccc(Cl)cc12)N1CCN2CCc3ccccc3C2C1. The van der Waals surface area contributed by atoms with Crippen LogP contribution in [-0.4, -0.2) is 46.9 Å². The summed E-state index contributed by atoms with van der Waals surface area (Å²) in [6.07, 6.45) is 3.45. The summed E-state index contributed by atoms with van der Waals surface area (Å²) in [5.41, 5.74) is 4.86. The lowest BCUT2D eigenvalue weighted by atomic mass is 9.91. The van der Waals surface area contributed by atoms with Crippen molar-refractivity contribution in [2.45, 2.75) is 18.9 Å². The van der Waals surface area contributed by atoms with Gasteiger partial charge in [0, 0.05) is 48.3 Å². The van der Waals surface area contributed by atoms with Crippen LogP contribution < -0.4 is 0 Å². The first-order valence-electron chi connectivity index (χ1n) is 9.54. The van der Waals surface area contributed by atoms with Crippen molar-refractivity contribution >= 4 is 28.4 Å². The van der Waals surface area contributed by atoms with E-state index in [0.29, 0.717) is 17.5 Å². The second-order valence-corrected chi connectivity index (χ2v) is 7.96. The molecule has 0 aliphatic carbocycles. The van der Waals surface area contributed by atoms with Crippen molar-refractivity contribution in [2.75, 3.05) is 26.2 Å². The third kappa shape index (κ3) is 3.03. The Morgan fingerprint density at radius 3 is 2.96 bits per heavy atom. The molecule has 1 saturated heterocycles. The number of aromatic amines is 1. The van der Waals surface area contributed by atoms with Gasteiger partial charge in [-0.3, -0.25) is 9.69 Å². The average Bonchev–Trinajstić information content (AvgIpc) is 3.09. The van der Waals surface area contributed by atoms with E-state index in [1.54, 1.807) is 0 Å². The molecule has 2 aliphatic heterocycles. The maximum atomic E-state index is 13.0. The monoisotopic (exact) mass is 379 g/mol. The molecule has 3 aromatic rings. The summed E-state index contributed by atoms with van der Waals surface area (Å²) in [6.45, 7) is 3.62. The normalized spacial score (nSPS) is 19.7. The summed E-state index contributed by atoms with van der Waals surface area (Å²) in [5.74, 6) is 0.193. The second kappa shape index (κ2) is 6.70. The minimum atomic E-state index is 0.193. The van der Waals surface area contributed by atoms with Crippen LogP contribution in [0.1, 0.15) is 22.7 Å². The largest absolute Gasteiger partial charge is 0.361 e. The Hall–Kier alpha value is -2.30. The van der Waals surface area contributed by atoms with E-state index in [2.05, 4.69) is 34.1 Å². The molecule has 5 rings (SSSR count). The van der Waals surface area contributed by atoms with Gasteiger partial charge in [-0.2, -0.15) is 0 Å². The lowest BCUT2D eigenvalue weighted by Crippen LogP contribution is -2.52. The smallest absolute Gasteiger partial charge is 0.227 e. The van der Waals surface area contributed by atoms with Gasteiger partial charge in [0.2, 0.25) is 5.91 Å². The van der Waals surface area contributed by atoms with E-state index in [4.69, 9.17) is 11.6 Å². The number of nitrogens with zero attached hydrogens (tertiary/aromatic N) is 2. The molecule has 5 heteroatoms. The molecule has 0 radical (unpaired) electrons. The molecule has 0 saturated carbocycles. The Balaban J connectivity index is 1.36. The number of fused-ring (bicyclic) bond motifs is 4. The molecule has 2 aliphatic rings.